The SMILES string of the molecule is Clc1ccc(S/C=C/[Se]c2ccccc2)cc1. The summed E-state index contributed by atoms with van der Waals surface area (Å²) in [6.45, 7) is 0. The third-order valence-corrected chi connectivity index (χ3v) is 5.19. The molecular formula is C14H11ClSSe. The number of benzene rings is 2. The van der Waals surface area contributed by atoms with E-state index in [0.29, 0.717) is 15.0 Å². The first-order valence-electron chi connectivity index (χ1n) is 5.13. The van der Waals surface area contributed by atoms with Crippen molar-refractivity contribution in [1.29, 1.82) is 0 Å². The van der Waals surface area contributed by atoms with Crippen LogP contribution in [0.5, 0.6) is 0 Å². The molecule has 2 aromatic carbocycles. The molecule has 0 aliphatic rings. The molecule has 3 heteroatoms. The van der Waals surface area contributed by atoms with Crippen molar-refractivity contribution in [3.05, 3.63) is 70.0 Å². The monoisotopic (exact) mass is 326 g/mol. The van der Waals surface area contributed by atoms with E-state index in [1.807, 2.05) is 30.3 Å². The van der Waals surface area contributed by atoms with Gasteiger partial charge in [0, 0.05) is 0 Å². The van der Waals surface area contributed by atoms with Crippen LogP contribution in [0.1, 0.15) is 0 Å². The summed E-state index contributed by atoms with van der Waals surface area (Å²) >= 11 is 7.97. The van der Waals surface area contributed by atoms with Gasteiger partial charge in [0.05, 0.1) is 0 Å². The zero-order valence-corrected chi connectivity index (χ0v) is 12.3. The number of halogens is 1. The van der Waals surface area contributed by atoms with Gasteiger partial charge in [-0.05, 0) is 0 Å². The normalized spacial score (nSPS) is 10.9. The fourth-order valence-electron chi connectivity index (χ4n) is 1.22. The average Bonchev–Trinajstić information content (AvgIpc) is 2.38. The molecule has 0 amide bonds. The molecule has 2 rings (SSSR count). The molecular weight excluding hydrogens is 315 g/mol. The van der Waals surface area contributed by atoms with E-state index in [1.165, 1.54) is 9.36 Å². The Bertz CT molecular complexity index is 479. The van der Waals surface area contributed by atoms with Crippen LogP contribution in [0.3, 0.4) is 0 Å². The molecule has 0 saturated heterocycles. The summed E-state index contributed by atoms with van der Waals surface area (Å²) in [7, 11) is 0. The van der Waals surface area contributed by atoms with Crippen LogP contribution in [0.25, 0.3) is 0 Å². The van der Waals surface area contributed by atoms with Crippen LogP contribution in [0, 0.1) is 0 Å². The molecule has 0 radical (unpaired) electrons. The van der Waals surface area contributed by atoms with Gasteiger partial charge in [0.2, 0.25) is 0 Å². The van der Waals surface area contributed by atoms with E-state index >= 15 is 0 Å². The first kappa shape index (κ1) is 12.8. The van der Waals surface area contributed by atoms with Crippen molar-refractivity contribution in [3.8, 4) is 0 Å². The molecule has 0 spiro atoms. The first-order valence-corrected chi connectivity index (χ1v) is 8.24. The summed E-state index contributed by atoms with van der Waals surface area (Å²) < 4.78 is 1.40. The molecule has 0 saturated carbocycles. The molecule has 0 aliphatic heterocycles. The van der Waals surface area contributed by atoms with Gasteiger partial charge in [0.15, 0.2) is 0 Å². The van der Waals surface area contributed by atoms with Gasteiger partial charge >= 0.3 is 118 Å². The molecule has 0 aliphatic carbocycles. The van der Waals surface area contributed by atoms with Crippen LogP contribution in [-0.2, 0) is 0 Å². The van der Waals surface area contributed by atoms with E-state index in [1.54, 1.807) is 11.8 Å². The molecule has 0 nitrogen and oxygen atoms in total. The first-order chi connectivity index (χ1) is 8.34. The quantitative estimate of drug-likeness (QED) is 0.606. The summed E-state index contributed by atoms with van der Waals surface area (Å²) in [5.74, 6) is 0. The summed E-state index contributed by atoms with van der Waals surface area (Å²) in [4.78, 5) is 3.45. The van der Waals surface area contributed by atoms with Gasteiger partial charge < -0.3 is 0 Å². The van der Waals surface area contributed by atoms with Crippen LogP contribution in [0.2, 0.25) is 5.02 Å². The Morgan fingerprint density at radius 1 is 0.941 bits per heavy atom. The second-order valence-corrected chi connectivity index (χ2v) is 6.75. The van der Waals surface area contributed by atoms with Crippen molar-refractivity contribution < 1.29 is 0 Å². The predicted octanol–water partition coefficient (Wildman–Crippen LogP) is 3.93. The van der Waals surface area contributed by atoms with Crippen molar-refractivity contribution in [3.63, 3.8) is 0 Å². The third-order valence-electron chi connectivity index (χ3n) is 2.02. The molecule has 0 bridgehead atoms. The van der Waals surface area contributed by atoms with Crippen molar-refractivity contribution in [2.75, 3.05) is 0 Å². The Balaban J connectivity index is 1.84. The van der Waals surface area contributed by atoms with Gasteiger partial charge in [0.1, 0.15) is 0 Å². The van der Waals surface area contributed by atoms with Crippen LogP contribution >= 0.6 is 23.4 Å². The van der Waals surface area contributed by atoms with Crippen LogP contribution < -0.4 is 4.46 Å². The standard InChI is InChI=1S/C14H11ClSSe/c15-12-6-8-13(9-7-12)16-10-11-17-14-4-2-1-3-5-14/h1-11H/b11-10+. The van der Waals surface area contributed by atoms with E-state index < -0.39 is 0 Å². The minimum absolute atomic E-state index is 0.417. The molecule has 86 valence electrons. The predicted molar refractivity (Wildman–Crippen MR) is 78.3 cm³/mol. The number of hydrogen-bond acceptors (Lipinski definition) is 1. The second kappa shape index (κ2) is 6.93. The number of thioether (sulfide) groups is 1. The van der Waals surface area contributed by atoms with Crippen molar-refractivity contribution in [1.82, 2.24) is 0 Å². The van der Waals surface area contributed by atoms with Gasteiger partial charge in [-0.15, -0.1) is 0 Å². The van der Waals surface area contributed by atoms with Crippen molar-refractivity contribution >= 4 is 42.8 Å². The average molecular weight is 326 g/mol. The molecule has 0 fully saturated rings. The molecule has 0 aromatic heterocycles. The maximum absolute atomic E-state index is 5.83. The Morgan fingerprint density at radius 2 is 1.65 bits per heavy atom. The Kier molecular flexibility index (Phi) is 5.21. The molecule has 0 N–H and O–H groups in total. The summed E-state index contributed by atoms with van der Waals surface area (Å²) in [5, 5.41) is 2.93. The summed E-state index contributed by atoms with van der Waals surface area (Å²) in [6, 6.07) is 18.4. The van der Waals surface area contributed by atoms with Crippen molar-refractivity contribution in [2.45, 2.75) is 4.90 Å². The van der Waals surface area contributed by atoms with Crippen LogP contribution in [0.4, 0.5) is 0 Å². The minimum atomic E-state index is 0.417. The zero-order valence-electron chi connectivity index (χ0n) is 9.05. The molecule has 17 heavy (non-hydrogen) atoms. The summed E-state index contributed by atoms with van der Waals surface area (Å²) in [6.07, 6.45) is 0. The fraction of sp³-hybridized carbons (Fsp3) is 0. The van der Waals surface area contributed by atoms with Crippen LogP contribution in [-0.4, -0.2) is 15.0 Å². The molecule has 0 heterocycles. The molecule has 0 unspecified atom stereocenters. The number of hydrogen-bond donors (Lipinski definition) is 0. The Hall–Kier alpha value is -0.661. The maximum atomic E-state index is 5.83. The van der Waals surface area contributed by atoms with Gasteiger partial charge in [-0.1, -0.05) is 0 Å². The van der Waals surface area contributed by atoms with Gasteiger partial charge in [0.25, 0.3) is 0 Å². The topological polar surface area (TPSA) is 0 Å². The van der Waals surface area contributed by atoms with E-state index in [9.17, 15) is 0 Å². The van der Waals surface area contributed by atoms with Gasteiger partial charge in [-0.25, -0.2) is 0 Å². The van der Waals surface area contributed by atoms with Crippen molar-refractivity contribution in [2.24, 2.45) is 0 Å². The molecule has 0 atom stereocenters. The van der Waals surface area contributed by atoms with E-state index in [4.69, 9.17) is 11.6 Å². The van der Waals surface area contributed by atoms with E-state index in [-0.39, 0.29) is 0 Å². The number of rotatable bonds is 4. The van der Waals surface area contributed by atoms with E-state index in [2.05, 4.69) is 34.6 Å². The summed E-state index contributed by atoms with van der Waals surface area (Å²) in [5.41, 5.74) is 0. The molecule has 2 aromatic rings. The zero-order chi connectivity index (χ0) is 11.9. The van der Waals surface area contributed by atoms with Gasteiger partial charge in [-0.3, -0.25) is 0 Å². The Morgan fingerprint density at radius 3 is 2.35 bits per heavy atom. The Labute approximate surface area is 117 Å². The van der Waals surface area contributed by atoms with Crippen LogP contribution in [0.15, 0.2) is 69.9 Å². The fourth-order valence-corrected chi connectivity index (χ4v) is 3.60. The van der Waals surface area contributed by atoms with Gasteiger partial charge in [-0.2, -0.15) is 0 Å². The third kappa shape index (κ3) is 4.61. The second-order valence-electron chi connectivity index (χ2n) is 3.27. The van der Waals surface area contributed by atoms with E-state index in [0.717, 1.165) is 5.02 Å².